The number of pyridine rings is 1. The Bertz CT molecular complexity index is 1230. The molecule has 0 amide bonds. The summed E-state index contributed by atoms with van der Waals surface area (Å²) in [5, 5.41) is 0.699. The Balaban J connectivity index is 1.69. The molecule has 0 bridgehead atoms. The normalized spacial score (nSPS) is 13.9. The number of halogens is 1. The van der Waals surface area contributed by atoms with E-state index in [4.69, 9.17) is 14.2 Å². The van der Waals surface area contributed by atoms with Crippen molar-refractivity contribution in [2.75, 3.05) is 18.9 Å². The summed E-state index contributed by atoms with van der Waals surface area (Å²) in [6.07, 6.45) is 2.76. The van der Waals surface area contributed by atoms with Crippen molar-refractivity contribution in [3.63, 3.8) is 0 Å². The molecule has 7 nitrogen and oxygen atoms in total. The molecule has 1 unspecified atom stereocenters. The van der Waals surface area contributed by atoms with E-state index in [0.29, 0.717) is 46.3 Å². The maximum Gasteiger partial charge on any atom is 0.235 e. The molecule has 158 valence electrons. The third-order valence-corrected chi connectivity index (χ3v) is 7.05. The predicted molar refractivity (Wildman–Crippen MR) is 116 cm³/mol. The maximum atomic E-state index is 14.6. The van der Waals surface area contributed by atoms with E-state index < -0.39 is 21.1 Å². The Morgan fingerprint density at radius 1 is 1.07 bits per heavy atom. The summed E-state index contributed by atoms with van der Waals surface area (Å²) in [4.78, 5) is 4.31. The molecule has 30 heavy (non-hydrogen) atoms. The van der Waals surface area contributed by atoms with Gasteiger partial charge >= 0.3 is 0 Å². The van der Waals surface area contributed by atoms with Crippen LogP contribution in [0, 0.1) is 5.82 Å². The average molecular weight is 450 g/mol. The van der Waals surface area contributed by atoms with Crippen molar-refractivity contribution in [2.45, 2.75) is 18.1 Å². The van der Waals surface area contributed by atoms with Gasteiger partial charge in [-0.3, -0.25) is 9.71 Å². The number of sulfonamides is 1. The van der Waals surface area contributed by atoms with Gasteiger partial charge in [-0.1, -0.05) is 0 Å². The molecule has 4 rings (SSSR count). The minimum Gasteiger partial charge on any atom is -0.493 e. The Kier molecular flexibility index (Phi) is 5.42. The van der Waals surface area contributed by atoms with Crippen LogP contribution in [0.3, 0.4) is 0 Å². The lowest BCUT2D eigenvalue weighted by atomic mass is 10.2. The number of benzene rings is 2. The molecule has 1 fully saturated rings. The second-order valence-electron chi connectivity index (χ2n) is 6.85. The topological polar surface area (TPSA) is 86.8 Å². The summed E-state index contributed by atoms with van der Waals surface area (Å²) in [6.45, 7) is 0. The van der Waals surface area contributed by atoms with E-state index in [9.17, 15) is 12.8 Å². The zero-order valence-corrected chi connectivity index (χ0v) is 18.3. The monoisotopic (exact) mass is 450 g/mol. The number of fused-ring (bicyclic) bond motifs is 1. The first-order chi connectivity index (χ1) is 14.3. The van der Waals surface area contributed by atoms with E-state index in [-0.39, 0.29) is 11.4 Å². The molecule has 1 saturated carbocycles. The third kappa shape index (κ3) is 4.00. The minimum atomic E-state index is -3.57. The first-order valence-corrected chi connectivity index (χ1v) is 11.2. The Labute approximate surface area is 175 Å². The molecule has 1 heterocycles. The number of anilines is 1. The van der Waals surface area contributed by atoms with Gasteiger partial charge in [0.25, 0.3) is 0 Å². The van der Waals surface area contributed by atoms with E-state index >= 15 is 0 Å². The smallest absolute Gasteiger partial charge is 0.235 e. The number of nitrogens with zero attached hydrogens (tertiary/aromatic N) is 1. The number of aromatic nitrogens is 1. The Hall–Kier alpha value is -2.64. The number of hydrogen-bond acceptors (Lipinski definition) is 6. The van der Waals surface area contributed by atoms with Crippen molar-refractivity contribution in [1.29, 1.82) is 0 Å². The van der Waals surface area contributed by atoms with Crippen LogP contribution in [-0.4, -0.2) is 32.9 Å². The van der Waals surface area contributed by atoms with E-state index in [0.717, 1.165) is 6.07 Å². The summed E-state index contributed by atoms with van der Waals surface area (Å²) >= 11 is 0. The largest absolute Gasteiger partial charge is 0.493 e. The molecule has 1 aliphatic carbocycles. The zero-order chi connectivity index (χ0) is 21.5. The molecular weight excluding hydrogens is 430 g/mol. The van der Waals surface area contributed by atoms with E-state index in [2.05, 4.69) is 18.9 Å². The molecule has 1 N–H and O–H groups in total. The lowest BCUT2D eigenvalue weighted by Gasteiger charge is -2.15. The second kappa shape index (κ2) is 7.89. The first-order valence-electron chi connectivity index (χ1n) is 9.11. The SMILES string of the molecule is COc1cc2nccc(Oc3cc(F)c(NS(=O)(=O)C4CC4)cc3P)c2cc1OC. The standard InChI is InChI=1S/C20H20FN2O5PS/c1-26-17-7-12-14(9-18(17)27-2)22-6-5-16(12)28-19-8-13(21)15(10-20(19)29)23-30(24,25)11-3-4-11/h5-11,23H,3-4,29H2,1-2H3. The summed E-state index contributed by atoms with van der Waals surface area (Å²) in [5.74, 6) is 0.979. The highest BCUT2D eigenvalue weighted by molar-refractivity contribution is 7.93. The Morgan fingerprint density at radius 2 is 1.77 bits per heavy atom. The van der Waals surface area contributed by atoms with Crippen LogP contribution in [0.1, 0.15) is 12.8 Å². The van der Waals surface area contributed by atoms with Crippen molar-refractivity contribution in [2.24, 2.45) is 0 Å². The quantitative estimate of drug-likeness (QED) is 0.554. The van der Waals surface area contributed by atoms with Crippen LogP contribution in [-0.2, 0) is 10.0 Å². The molecular formula is C20H20FN2O5PS. The van der Waals surface area contributed by atoms with Crippen LogP contribution < -0.4 is 24.2 Å². The van der Waals surface area contributed by atoms with Crippen LogP contribution >= 0.6 is 9.24 Å². The van der Waals surface area contributed by atoms with Crippen molar-refractivity contribution in [3.05, 3.63) is 42.3 Å². The fourth-order valence-electron chi connectivity index (χ4n) is 3.01. The molecule has 0 saturated heterocycles. The van der Waals surface area contributed by atoms with Crippen molar-refractivity contribution in [1.82, 2.24) is 4.98 Å². The van der Waals surface area contributed by atoms with Gasteiger partial charge in [0, 0.05) is 29.0 Å². The van der Waals surface area contributed by atoms with Crippen LogP contribution in [0.4, 0.5) is 10.1 Å². The number of ether oxygens (including phenoxy) is 3. The van der Waals surface area contributed by atoms with Gasteiger partial charge in [-0.05, 0) is 31.0 Å². The number of nitrogens with one attached hydrogen (secondary N) is 1. The fourth-order valence-corrected chi connectivity index (χ4v) is 4.70. The highest BCUT2D eigenvalue weighted by Gasteiger charge is 2.36. The van der Waals surface area contributed by atoms with E-state index in [1.54, 1.807) is 24.4 Å². The van der Waals surface area contributed by atoms with Gasteiger partial charge in [-0.25, -0.2) is 12.8 Å². The Morgan fingerprint density at radius 3 is 2.43 bits per heavy atom. The lowest BCUT2D eigenvalue weighted by molar-refractivity contribution is 0.355. The van der Waals surface area contributed by atoms with Gasteiger partial charge in [-0.15, -0.1) is 9.24 Å². The zero-order valence-electron chi connectivity index (χ0n) is 16.3. The number of rotatable bonds is 7. The molecule has 0 radical (unpaired) electrons. The van der Waals surface area contributed by atoms with Crippen molar-refractivity contribution < 1.29 is 27.0 Å². The maximum absolute atomic E-state index is 14.6. The van der Waals surface area contributed by atoms with Gasteiger partial charge in [0.2, 0.25) is 10.0 Å². The van der Waals surface area contributed by atoms with E-state index in [1.165, 1.54) is 20.3 Å². The number of hydrogen-bond donors (Lipinski definition) is 1. The summed E-state index contributed by atoms with van der Waals surface area (Å²) < 4.78 is 57.8. The predicted octanol–water partition coefficient (Wildman–Crippen LogP) is 3.59. The number of methoxy groups -OCH3 is 2. The molecule has 10 heteroatoms. The summed E-state index contributed by atoms with van der Waals surface area (Å²) in [7, 11) is 1.93. The van der Waals surface area contributed by atoms with Crippen LogP contribution in [0.5, 0.6) is 23.0 Å². The summed E-state index contributed by atoms with van der Waals surface area (Å²) in [6, 6.07) is 7.65. The van der Waals surface area contributed by atoms with Gasteiger partial charge in [0.1, 0.15) is 11.5 Å². The van der Waals surface area contributed by atoms with Crippen LogP contribution in [0.2, 0.25) is 0 Å². The van der Waals surface area contributed by atoms with Gasteiger partial charge < -0.3 is 14.2 Å². The van der Waals surface area contributed by atoms with Gasteiger partial charge in [0.15, 0.2) is 17.3 Å². The highest BCUT2D eigenvalue weighted by atomic mass is 32.2. The summed E-state index contributed by atoms with van der Waals surface area (Å²) in [5.41, 5.74) is 0.509. The molecule has 3 aromatic rings. The lowest BCUT2D eigenvalue weighted by Crippen LogP contribution is -2.19. The van der Waals surface area contributed by atoms with Gasteiger partial charge in [0.05, 0.1) is 30.7 Å². The molecule has 1 aliphatic rings. The minimum absolute atomic E-state index is 0.106. The molecule has 1 aromatic heterocycles. The van der Waals surface area contributed by atoms with Crippen molar-refractivity contribution in [3.8, 4) is 23.0 Å². The van der Waals surface area contributed by atoms with Crippen LogP contribution in [0.25, 0.3) is 10.9 Å². The second-order valence-corrected chi connectivity index (χ2v) is 9.43. The first kappa shape index (κ1) is 20.6. The molecule has 2 aromatic carbocycles. The van der Waals surface area contributed by atoms with Gasteiger partial charge in [-0.2, -0.15) is 0 Å². The van der Waals surface area contributed by atoms with E-state index in [1.807, 2.05) is 0 Å². The fraction of sp³-hybridized carbons (Fsp3) is 0.250. The third-order valence-electron chi connectivity index (χ3n) is 4.74. The van der Waals surface area contributed by atoms with Crippen LogP contribution in [0.15, 0.2) is 36.5 Å². The average Bonchev–Trinajstić information content (AvgIpc) is 3.56. The molecule has 0 spiro atoms. The molecule has 1 atom stereocenters. The molecule has 0 aliphatic heterocycles. The van der Waals surface area contributed by atoms with Crippen molar-refractivity contribution >= 4 is 41.2 Å². The highest BCUT2D eigenvalue weighted by Crippen LogP contribution is 2.37.